The van der Waals surface area contributed by atoms with E-state index < -0.39 is 0 Å². The SMILES string of the molecule is Clc1cc(Cl)c2c(c1)Oc1c(Cl)c(Cl)cc(Cl)c1O2. The average Bonchev–Trinajstić information content (AvgIpc) is 2.34. The van der Waals surface area contributed by atoms with Gasteiger partial charge in [-0.25, -0.2) is 0 Å². The van der Waals surface area contributed by atoms with Crippen LogP contribution in [0.4, 0.5) is 0 Å². The van der Waals surface area contributed by atoms with Crippen LogP contribution in [-0.4, -0.2) is 0 Å². The molecule has 3 rings (SSSR count). The van der Waals surface area contributed by atoms with Crippen LogP contribution >= 0.6 is 58.0 Å². The lowest BCUT2D eigenvalue weighted by atomic mass is 10.2. The van der Waals surface area contributed by atoms with Crippen LogP contribution in [0.2, 0.25) is 25.1 Å². The van der Waals surface area contributed by atoms with Crippen LogP contribution in [0.5, 0.6) is 23.0 Å². The van der Waals surface area contributed by atoms with E-state index in [-0.39, 0.29) is 26.6 Å². The molecule has 0 spiro atoms. The molecule has 0 unspecified atom stereocenters. The average molecular weight is 356 g/mol. The molecule has 0 radical (unpaired) electrons. The van der Waals surface area contributed by atoms with Gasteiger partial charge in [0.15, 0.2) is 23.0 Å². The normalized spacial score (nSPS) is 12.3. The van der Waals surface area contributed by atoms with Gasteiger partial charge in [-0.15, -0.1) is 0 Å². The fourth-order valence-corrected chi connectivity index (χ4v) is 2.84. The van der Waals surface area contributed by atoms with Crippen molar-refractivity contribution in [2.24, 2.45) is 0 Å². The van der Waals surface area contributed by atoms with Crippen LogP contribution in [0.15, 0.2) is 18.2 Å². The van der Waals surface area contributed by atoms with E-state index in [1.54, 1.807) is 12.1 Å². The summed E-state index contributed by atoms with van der Waals surface area (Å²) in [5, 5.41) is 1.49. The zero-order chi connectivity index (χ0) is 13.7. The highest BCUT2D eigenvalue weighted by Crippen LogP contribution is 2.55. The van der Waals surface area contributed by atoms with Gasteiger partial charge in [-0.3, -0.25) is 0 Å². The fourth-order valence-electron chi connectivity index (χ4n) is 1.67. The summed E-state index contributed by atoms with van der Waals surface area (Å²) in [5.74, 6) is 1.20. The first-order valence-corrected chi connectivity index (χ1v) is 6.88. The smallest absolute Gasteiger partial charge is 0.191 e. The second-order valence-electron chi connectivity index (χ2n) is 3.73. The largest absolute Gasteiger partial charge is 0.448 e. The molecule has 0 saturated heterocycles. The first kappa shape index (κ1) is 13.5. The van der Waals surface area contributed by atoms with Crippen molar-refractivity contribution in [2.75, 3.05) is 0 Å². The molecule has 0 aliphatic carbocycles. The third-order valence-corrected chi connectivity index (χ3v) is 4.03. The fraction of sp³-hybridized carbons (Fsp3) is 0. The zero-order valence-corrected chi connectivity index (χ0v) is 12.7. The Bertz CT molecular complexity index is 699. The molecule has 2 aromatic carbocycles. The number of fused-ring (bicyclic) bond motifs is 2. The van der Waals surface area contributed by atoms with E-state index in [0.29, 0.717) is 21.5 Å². The molecule has 98 valence electrons. The molecular formula is C12H3Cl5O2. The van der Waals surface area contributed by atoms with Crippen LogP contribution in [0.3, 0.4) is 0 Å². The van der Waals surface area contributed by atoms with Crippen molar-refractivity contribution in [3.63, 3.8) is 0 Å². The van der Waals surface area contributed by atoms with Gasteiger partial charge >= 0.3 is 0 Å². The maximum Gasteiger partial charge on any atom is 0.191 e. The molecular weight excluding hydrogens is 353 g/mol. The molecule has 0 atom stereocenters. The summed E-state index contributed by atoms with van der Waals surface area (Å²) in [7, 11) is 0. The minimum atomic E-state index is 0.211. The number of benzene rings is 2. The standard InChI is InChI=1S/C12H3Cl5O2/c13-4-1-6(15)10-8(2-4)18-12-9(17)5(14)3-7(16)11(12)19-10/h1-3H. The molecule has 0 saturated carbocycles. The number of halogens is 5. The lowest BCUT2D eigenvalue weighted by Crippen LogP contribution is -2.01. The van der Waals surface area contributed by atoms with E-state index in [1.807, 2.05) is 0 Å². The van der Waals surface area contributed by atoms with E-state index in [0.717, 1.165) is 0 Å². The molecule has 2 aromatic rings. The van der Waals surface area contributed by atoms with Crippen LogP contribution in [0.25, 0.3) is 0 Å². The predicted octanol–water partition coefficient (Wildman–Crippen LogP) is 6.85. The monoisotopic (exact) mass is 354 g/mol. The molecule has 7 heteroatoms. The molecule has 0 N–H and O–H groups in total. The first-order valence-electron chi connectivity index (χ1n) is 4.99. The Kier molecular flexibility index (Phi) is 3.40. The Labute approximate surface area is 133 Å². The van der Waals surface area contributed by atoms with Crippen molar-refractivity contribution in [3.8, 4) is 23.0 Å². The highest BCUT2D eigenvalue weighted by molar-refractivity contribution is 6.45. The van der Waals surface area contributed by atoms with Gasteiger partial charge < -0.3 is 9.47 Å². The van der Waals surface area contributed by atoms with Crippen LogP contribution in [0.1, 0.15) is 0 Å². The maximum absolute atomic E-state index is 6.07. The van der Waals surface area contributed by atoms with Crippen LogP contribution in [0, 0.1) is 0 Å². The summed E-state index contributed by atoms with van der Waals surface area (Å²) in [6.45, 7) is 0. The van der Waals surface area contributed by atoms with Gasteiger partial charge in [0.1, 0.15) is 5.02 Å². The van der Waals surface area contributed by atoms with E-state index in [1.165, 1.54) is 6.07 Å². The van der Waals surface area contributed by atoms with Crippen molar-refractivity contribution in [1.82, 2.24) is 0 Å². The number of rotatable bonds is 0. The van der Waals surface area contributed by atoms with Gasteiger partial charge in [-0.05, 0) is 12.1 Å². The summed E-state index contributed by atoms with van der Waals surface area (Å²) >= 11 is 30.0. The third kappa shape index (κ3) is 2.22. The lowest BCUT2D eigenvalue weighted by Gasteiger charge is -2.23. The molecule has 19 heavy (non-hydrogen) atoms. The number of hydrogen-bond donors (Lipinski definition) is 0. The summed E-state index contributed by atoms with van der Waals surface area (Å²) in [6.07, 6.45) is 0. The Balaban J connectivity index is 2.22. The van der Waals surface area contributed by atoms with Crippen molar-refractivity contribution in [3.05, 3.63) is 43.3 Å². The van der Waals surface area contributed by atoms with E-state index >= 15 is 0 Å². The van der Waals surface area contributed by atoms with Gasteiger partial charge in [-0.1, -0.05) is 58.0 Å². The van der Waals surface area contributed by atoms with Crippen molar-refractivity contribution in [1.29, 1.82) is 0 Å². The van der Waals surface area contributed by atoms with Gasteiger partial charge in [0.2, 0.25) is 0 Å². The van der Waals surface area contributed by atoms with Gasteiger partial charge in [0.25, 0.3) is 0 Å². The minimum Gasteiger partial charge on any atom is -0.448 e. The Morgan fingerprint density at radius 2 is 1.32 bits per heavy atom. The summed E-state index contributed by atoms with van der Waals surface area (Å²) in [6, 6.07) is 4.58. The summed E-state index contributed by atoms with van der Waals surface area (Å²) in [5.41, 5.74) is 0. The zero-order valence-electron chi connectivity index (χ0n) is 8.94. The van der Waals surface area contributed by atoms with E-state index in [2.05, 4.69) is 0 Å². The molecule has 0 bridgehead atoms. The summed E-state index contributed by atoms with van der Waals surface area (Å²) in [4.78, 5) is 0. The molecule has 2 nitrogen and oxygen atoms in total. The highest BCUT2D eigenvalue weighted by atomic mass is 35.5. The third-order valence-electron chi connectivity index (χ3n) is 2.48. The Morgan fingerprint density at radius 3 is 2.05 bits per heavy atom. The Hall–Kier alpha value is -0.510. The molecule has 0 aromatic heterocycles. The van der Waals surface area contributed by atoms with Crippen LogP contribution in [-0.2, 0) is 0 Å². The van der Waals surface area contributed by atoms with Gasteiger partial charge in [-0.2, -0.15) is 0 Å². The first-order chi connectivity index (χ1) is 8.97. The number of ether oxygens (including phenoxy) is 2. The van der Waals surface area contributed by atoms with E-state index in [4.69, 9.17) is 67.5 Å². The molecule has 1 aliphatic rings. The second kappa shape index (κ2) is 4.80. The van der Waals surface area contributed by atoms with Crippen LogP contribution < -0.4 is 9.47 Å². The quantitative estimate of drug-likeness (QED) is 0.410. The molecule has 1 aliphatic heterocycles. The van der Waals surface area contributed by atoms with Crippen molar-refractivity contribution < 1.29 is 9.47 Å². The summed E-state index contributed by atoms with van der Waals surface area (Å²) < 4.78 is 11.3. The molecule has 0 fully saturated rings. The van der Waals surface area contributed by atoms with E-state index in [9.17, 15) is 0 Å². The van der Waals surface area contributed by atoms with Gasteiger partial charge in [0, 0.05) is 11.1 Å². The maximum atomic E-state index is 6.07. The molecule has 1 heterocycles. The number of hydrogen-bond acceptors (Lipinski definition) is 2. The van der Waals surface area contributed by atoms with Gasteiger partial charge in [0.05, 0.1) is 15.1 Å². The minimum absolute atomic E-state index is 0.211. The van der Waals surface area contributed by atoms with Crippen molar-refractivity contribution >= 4 is 58.0 Å². The molecule has 0 amide bonds. The second-order valence-corrected chi connectivity index (χ2v) is 5.77. The topological polar surface area (TPSA) is 18.5 Å². The Morgan fingerprint density at radius 1 is 0.632 bits per heavy atom. The predicted molar refractivity (Wildman–Crippen MR) is 78.1 cm³/mol. The van der Waals surface area contributed by atoms with Crippen molar-refractivity contribution in [2.45, 2.75) is 0 Å². The highest BCUT2D eigenvalue weighted by Gasteiger charge is 2.27. The lowest BCUT2D eigenvalue weighted by molar-refractivity contribution is 0.360.